The number of rotatable bonds is 7. The standard InChI is InChI=1S/C19H25ClN4O/c1-15-4-5-16(14-23-15)10-11-22-19(21-2)24(3)12-13-25-18-8-6-17(20)7-9-18/h4-9,14H,10-13H2,1-3H3,(H,21,22). The maximum atomic E-state index is 5.87. The van der Waals surface area contributed by atoms with Crippen LogP contribution in [0.2, 0.25) is 5.02 Å². The Labute approximate surface area is 154 Å². The zero-order valence-electron chi connectivity index (χ0n) is 15.0. The molecular weight excluding hydrogens is 336 g/mol. The van der Waals surface area contributed by atoms with Gasteiger partial charge in [-0.3, -0.25) is 9.98 Å². The highest BCUT2D eigenvalue weighted by molar-refractivity contribution is 6.30. The third-order valence-corrected chi connectivity index (χ3v) is 4.00. The van der Waals surface area contributed by atoms with Crippen LogP contribution in [0.3, 0.4) is 0 Å². The molecule has 0 unspecified atom stereocenters. The second-order valence-corrected chi connectivity index (χ2v) is 6.19. The van der Waals surface area contributed by atoms with Crippen LogP contribution in [0.25, 0.3) is 0 Å². The van der Waals surface area contributed by atoms with Crippen molar-refractivity contribution in [2.75, 3.05) is 33.8 Å². The SMILES string of the molecule is CN=C(NCCc1ccc(C)nc1)N(C)CCOc1ccc(Cl)cc1. The Morgan fingerprint density at radius 3 is 2.64 bits per heavy atom. The fraction of sp³-hybridized carbons (Fsp3) is 0.368. The van der Waals surface area contributed by atoms with Crippen LogP contribution in [-0.2, 0) is 6.42 Å². The predicted octanol–water partition coefficient (Wildman–Crippen LogP) is 3.17. The van der Waals surface area contributed by atoms with Gasteiger partial charge in [-0.1, -0.05) is 17.7 Å². The van der Waals surface area contributed by atoms with E-state index in [4.69, 9.17) is 16.3 Å². The highest BCUT2D eigenvalue weighted by Gasteiger charge is 2.06. The number of likely N-dealkylation sites (N-methyl/N-ethyl adjacent to an activating group) is 1. The van der Waals surface area contributed by atoms with Gasteiger partial charge in [0.05, 0.1) is 6.54 Å². The van der Waals surface area contributed by atoms with Gasteiger partial charge in [0.1, 0.15) is 12.4 Å². The summed E-state index contributed by atoms with van der Waals surface area (Å²) in [5, 5.41) is 4.07. The zero-order chi connectivity index (χ0) is 18.1. The second kappa shape index (κ2) is 9.89. The molecule has 0 bridgehead atoms. The molecule has 1 N–H and O–H groups in total. The van der Waals surface area contributed by atoms with Crippen molar-refractivity contribution in [3.8, 4) is 5.75 Å². The number of guanidine groups is 1. The van der Waals surface area contributed by atoms with E-state index >= 15 is 0 Å². The molecular formula is C19H25ClN4O. The lowest BCUT2D eigenvalue weighted by molar-refractivity contribution is 0.281. The number of aryl methyl sites for hydroxylation is 1. The Morgan fingerprint density at radius 1 is 1.24 bits per heavy atom. The van der Waals surface area contributed by atoms with E-state index in [0.717, 1.165) is 36.9 Å². The van der Waals surface area contributed by atoms with Gasteiger partial charge in [0.25, 0.3) is 0 Å². The third kappa shape index (κ3) is 6.63. The molecule has 0 fully saturated rings. The number of nitrogens with zero attached hydrogens (tertiary/aromatic N) is 3. The lowest BCUT2D eigenvalue weighted by Gasteiger charge is -2.22. The molecule has 2 aromatic rings. The van der Waals surface area contributed by atoms with Crippen molar-refractivity contribution in [2.24, 2.45) is 4.99 Å². The first-order valence-electron chi connectivity index (χ1n) is 8.30. The molecule has 0 saturated carbocycles. The Bertz CT molecular complexity index is 671. The number of aromatic nitrogens is 1. The van der Waals surface area contributed by atoms with Crippen molar-refractivity contribution >= 4 is 17.6 Å². The summed E-state index contributed by atoms with van der Waals surface area (Å²) in [6, 6.07) is 11.5. The number of hydrogen-bond donors (Lipinski definition) is 1. The van der Waals surface area contributed by atoms with Gasteiger partial charge in [0.2, 0.25) is 0 Å². The van der Waals surface area contributed by atoms with Crippen LogP contribution in [0.5, 0.6) is 5.75 Å². The number of halogens is 1. The van der Waals surface area contributed by atoms with Crippen molar-refractivity contribution in [1.82, 2.24) is 15.2 Å². The van der Waals surface area contributed by atoms with Gasteiger partial charge >= 0.3 is 0 Å². The average molecular weight is 361 g/mol. The summed E-state index contributed by atoms with van der Waals surface area (Å²) in [7, 11) is 3.78. The van der Waals surface area contributed by atoms with Crippen LogP contribution in [0, 0.1) is 6.92 Å². The van der Waals surface area contributed by atoms with E-state index < -0.39 is 0 Å². The largest absolute Gasteiger partial charge is 0.492 e. The molecule has 5 nitrogen and oxygen atoms in total. The highest BCUT2D eigenvalue weighted by atomic mass is 35.5. The Hall–Kier alpha value is -2.27. The van der Waals surface area contributed by atoms with Gasteiger partial charge in [0, 0.05) is 37.6 Å². The van der Waals surface area contributed by atoms with Crippen molar-refractivity contribution < 1.29 is 4.74 Å². The van der Waals surface area contributed by atoms with Gasteiger partial charge in [-0.2, -0.15) is 0 Å². The number of ether oxygens (including phenoxy) is 1. The van der Waals surface area contributed by atoms with Crippen molar-refractivity contribution in [3.63, 3.8) is 0 Å². The van der Waals surface area contributed by atoms with Gasteiger partial charge in [0.15, 0.2) is 5.96 Å². The Balaban J connectivity index is 1.71. The number of hydrogen-bond acceptors (Lipinski definition) is 3. The summed E-state index contributed by atoms with van der Waals surface area (Å²) in [5.41, 5.74) is 2.25. The molecule has 0 spiro atoms. The summed E-state index contributed by atoms with van der Waals surface area (Å²) >= 11 is 5.87. The quantitative estimate of drug-likeness (QED) is 0.608. The fourth-order valence-corrected chi connectivity index (χ4v) is 2.41. The molecule has 1 aromatic heterocycles. The Morgan fingerprint density at radius 2 is 2.00 bits per heavy atom. The first-order valence-corrected chi connectivity index (χ1v) is 8.68. The minimum Gasteiger partial charge on any atom is -0.492 e. The van der Waals surface area contributed by atoms with Crippen LogP contribution in [0.15, 0.2) is 47.6 Å². The summed E-state index contributed by atoms with van der Waals surface area (Å²) < 4.78 is 5.72. The molecule has 0 amide bonds. The van der Waals surface area contributed by atoms with Crippen molar-refractivity contribution in [3.05, 3.63) is 58.9 Å². The Kier molecular flexibility index (Phi) is 7.54. The lowest BCUT2D eigenvalue weighted by atomic mass is 10.2. The molecule has 0 saturated heterocycles. The number of aliphatic imine (C=N–C) groups is 1. The monoisotopic (exact) mass is 360 g/mol. The van der Waals surface area contributed by atoms with Crippen LogP contribution < -0.4 is 10.1 Å². The van der Waals surface area contributed by atoms with Crippen LogP contribution in [-0.4, -0.2) is 49.6 Å². The van der Waals surface area contributed by atoms with Crippen molar-refractivity contribution in [2.45, 2.75) is 13.3 Å². The van der Waals surface area contributed by atoms with E-state index in [1.807, 2.05) is 55.4 Å². The second-order valence-electron chi connectivity index (χ2n) is 5.76. The van der Waals surface area contributed by atoms with E-state index in [9.17, 15) is 0 Å². The van der Waals surface area contributed by atoms with Crippen LogP contribution in [0.4, 0.5) is 0 Å². The molecule has 1 aromatic carbocycles. The molecule has 0 radical (unpaired) electrons. The minimum absolute atomic E-state index is 0.570. The zero-order valence-corrected chi connectivity index (χ0v) is 15.8. The first kappa shape index (κ1) is 19.1. The summed E-state index contributed by atoms with van der Waals surface area (Å²) in [4.78, 5) is 10.7. The van der Waals surface area contributed by atoms with Gasteiger partial charge in [-0.25, -0.2) is 0 Å². The van der Waals surface area contributed by atoms with Gasteiger partial charge in [-0.15, -0.1) is 0 Å². The molecule has 0 aliphatic carbocycles. The first-order chi connectivity index (χ1) is 12.1. The maximum absolute atomic E-state index is 5.87. The van der Waals surface area contributed by atoms with E-state index in [1.165, 1.54) is 5.56 Å². The third-order valence-electron chi connectivity index (χ3n) is 3.75. The summed E-state index contributed by atoms with van der Waals surface area (Å²) in [5.74, 6) is 1.66. The van der Waals surface area contributed by atoms with E-state index in [2.05, 4.69) is 21.4 Å². The topological polar surface area (TPSA) is 49.8 Å². The van der Waals surface area contributed by atoms with E-state index in [-0.39, 0.29) is 0 Å². The molecule has 134 valence electrons. The molecule has 0 aliphatic heterocycles. The number of nitrogens with one attached hydrogen (secondary N) is 1. The van der Waals surface area contributed by atoms with E-state index in [0.29, 0.717) is 11.6 Å². The van der Waals surface area contributed by atoms with Crippen molar-refractivity contribution in [1.29, 1.82) is 0 Å². The summed E-state index contributed by atoms with van der Waals surface area (Å²) in [6.45, 7) is 4.10. The molecule has 25 heavy (non-hydrogen) atoms. The highest BCUT2D eigenvalue weighted by Crippen LogP contribution is 2.15. The van der Waals surface area contributed by atoms with Gasteiger partial charge < -0.3 is 15.0 Å². The fourth-order valence-electron chi connectivity index (χ4n) is 2.29. The van der Waals surface area contributed by atoms with Crippen LogP contribution in [0.1, 0.15) is 11.3 Å². The number of pyridine rings is 1. The molecule has 6 heteroatoms. The van der Waals surface area contributed by atoms with E-state index in [1.54, 1.807) is 7.05 Å². The summed E-state index contributed by atoms with van der Waals surface area (Å²) in [6.07, 6.45) is 2.82. The molecule has 0 atom stereocenters. The molecule has 2 rings (SSSR count). The predicted molar refractivity (Wildman–Crippen MR) is 104 cm³/mol. The molecule has 1 heterocycles. The molecule has 0 aliphatic rings. The smallest absolute Gasteiger partial charge is 0.193 e. The number of benzene rings is 1. The van der Waals surface area contributed by atoms with Gasteiger partial charge in [-0.05, 0) is 49.2 Å². The normalized spacial score (nSPS) is 11.3. The average Bonchev–Trinajstić information content (AvgIpc) is 2.62. The maximum Gasteiger partial charge on any atom is 0.193 e. The lowest BCUT2D eigenvalue weighted by Crippen LogP contribution is -2.41. The van der Waals surface area contributed by atoms with Crippen LogP contribution >= 0.6 is 11.6 Å². The minimum atomic E-state index is 0.570.